The van der Waals surface area contributed by atoms with E-state index in [0.29, 0.717) is 33.2 Å². The van der Waals surface area contributed by atoms with E-state index in [4.69, 9.17) is 21.1 Å². The number of nitrogens with one attached hydrogen (secondary N) is 1. The van der Waals surface area contributed by atoms with Crippen molar-refractivity contribution in [1.82, 2.24) is 5.32 Å². The third-order valence-electron chi connectivity index (χ3n) is 4.43. The van der Waals surface area contributed by atoms with Crippen LogP contribution in [-0.4, -0.2) is 18.2 Å². The molecule has 1 aliphatic heterocycles. The molecule has 1 saturated heterocycles. The van der Waals surface area contributed by atoms with Crippen LogP contribution in [0.2, 0.25) is 5.02 Å². The van der Waals surface area contributed by atoms with Crippen LogP contribution in [0.25, 0.3) is 6.08 Å². The molecule has 0 saturated carbocycles. The van der Waals surface area contributed by atoms with Crippen molar-refractivity contribution in [3.63, 3.8) is 0 Å². The number of ether oxygens (including phenoxy) is 2. The van der Waals surface area contributed by atoms with Crippen molar-refractivity contribution >= 4 is 46.2 Å². The molecule has 1 amide bonds. The molecule has 3 aromatic carbocycles. The van der Waals surface area contributed by atoms with E-state index in [1.54, 1.807) is 13.2 Å². The predicted octanol–water partition coefficient (Wildman–Crippen LogP) is 5.82. The van der Waals surface area contributed by atoms with Gasteiger partial charge in [-0.15, -0.1) is 0 Å². The summed E-state index contributed by atoms with van der Waals surface area (Å²) < 4.78 is 11.4. The standard InChI is InChI=1S/C24H19ClN2O3S/c1-29-21-13-17(9-12-20(21)30-15-16-7-10-18(25)11-8-16)14-22-23(28)27-24(31-22)26-19-5-3-2-4-6-19/h2-14H,15H2,1H3,(H,26,27,28). The minimum Gasteiger partial charge on any atom is -0.493 e. The second kappa shape index (κ2) is 9.73. The molecule has 1 aliphatic rings. The van der Waals surface area contributed by atoms with E-state index in [9.17, 15) is 4.79 Å². The Morgan fingerprint density at radius 1 is 1.03 bits per heavy atom. The van der Waals surface area contributed by atoms with E-state index >= 15 is 0 Å². The molecule has 0 unspecified atom stereocenters. The molecular weight excluding hydrogens is 432 g/mol. The largest absolute Gasteiger partial charge is 0.493 e. The number of nitrogens with zero attached hydrogens (tertiary/aromatic N) is 1. The molecule has 5 nitrogen and oxygen atoms in total. The number of hydrogen-bond donors (Lipinski definition) is 1. The number of thioether (sulfide) groups is 1. The summed E-state index contributed by atoms with van der Waals surface area (Å²) in [6.45, 7) is 0.394. The third-order valence-corrected chi connectivity index (χ3v) is 5.59. The van der Waals surface area contributed by atoms with Gasteiger partial charge < -0.3 is 14.8 Å². The minimum absolute atomic E-state index is 0.179. The second-order valence-corrected chi connectivity index (χ2v) is 8.11. The summed E-state index contributed by atoms with van der Waals surface area (Å²) in [5.74, 6) is 1.03. The predicted molar refractivity (Wildman–Crippen MR) is 126 cm³/mol. The molecule has 0 atom stereocenters. The zero-order chi connectivity index (χ0) is 21.6. The third kappa shape index (κ3) is 5.48. The number of benzene rings is 3. The molecule has 1 heterocycles. The van der Waals surface area contributed by atoms with E-state index in [-0.39, 0.29) is 5.91 Å². The number of carbonyl (C=O) groups is 1. The Hall–Kier alpha value is -3.22. The van der Waals surface area contributed by atoms with Crippen LogP contribution in [0.1, 0.15) is 11.1 Å². The first kappa shape index (κ1) is 21.0. The summed E-state index contributed by atoms with van der Waals surface area (Å²) in [6, 6.07) is 22.5. The molecule has 4 rings (SSSR count). The highest BCUT2D eigenvalue weighted by Gasteiger charge is 2.24. The van der Waals surface area contributed by atoms with Gasteiger partial charge in [-0.05, 0) is 65.4 Å². The van der Waals surface area contributed by atoms with E-state index in [1.807, 2.05) is 72.8 Å². The lowest BCUT2D eigenvalue weighted by atomic mass is 10.2. The first-order chi connectivity index (χ1) is 15.1. The molecule has 156 valence electrons. The highest BCUT2D eigenvalue weighted by Crippen LogP contribution is 2.32. The van der Waals surface area contributed by atoms with E-state index in [1.165, 1.54) is 11.8 Å². The van der Waals surface area contributed by atoms with Crippen molar-refractivity contribution in [1.29, 1.82) is 0 Å². The van der Waals surface area contributed by atoms with Crippen molar-refractivity contribution in [2.24, 2.45) is 4.99 Å². The number of rotatable bonds is 6. The Labute approximate surface area is 189 Å². The average molecular weight is 451 g/mol. The first-order valence-corrected chi connectivity index (χ1v) is 10.7. The molecular formula is C24H19ClN2O3S. The lowest BCUT2D eigenvalue weighted by Crippen LogP contribution is -2.19. The molecule has 0 bridgehead atoms. The smallest absolute Gasteiger partial charge is 0.264 e. The van der Waals surface area contributed by atoms with E-state index in [2.05, 4.69) is 10.3 Å². The van der Waals surface area contributed by atoms with Crippen LogP contribution in [0, 0.1) is 0 Å². The van der Waals surface area contributed by atoms with Crippen LogP contribution < -0.4 is 14.8 Å². The number of aliphatic imine (C=N–C) groups is 1. The van der Waals surface area contributed by atoms with Crippen molar-refractivity contribution in [2.75, 3.05) is 7.11 Å². The van der Waals surface area contributed by atoms with Crippen LogP contribution in [0.4, 0.5) is 5.69 Å². The molecule has 0 radical (unpaired) electrons. The maximum absolute atomic E-state index is 12.3. The summed E-state index contributed by atoms with van der Waals surface area (Å²) >= 11 is 7.22. The van der Waals surface area contributed by atoms with Gasteiger partial charge in [-0.2, -0.15) is 0 Å². The Balaban J connectivity index is 1.48. The quantitative estimate of drug-likeness (QED) is 0.481. The fourth-order valence-corrected chi connectivity index (χ4v) is 3.85. The minimum atomic E-state index is -0.179. The van der Waals surface area contributed by atoms with Gasteiger partial charge in [0.2, 0.25) is 0 Å². The Kier molecular flexibility index (Phi) is 6.60. The Bertz CT molecular complexity index is 1150. The van der Waals surface area contributed by atoms with E-state index < -0.39 is 0 Å². The van der Waals surface area contributed by atoms with Crippen LogP contribution >= 0.6 is 23.4 Å². The van der Waals surface area contributed by atoms with Crippen molar-refractivity contribution < 1.29 is 14.3 Å². The van der Waals surface area contributed by atoms with Crippen LogP contribution in [0.3, 0.4) is 0 Å². The fourth-order valence-electron chi connectivity index (χ4n) is 2.89. The summed E-state index contributed by atoms with van der Waals surface area (Å²) in [5, 5.41) is 4.03. The zero-order valence-corrected chi connectivity index (χ0v) is 18.2. The Morgan fingerprint density at radius 2 is 1.81 bits per heavy atom. The van der Waals surface area contributed by atoms with Crippen LogP contribution in [-0.2, 0) is 11.4 Å². The van der Waals surface area contributed by atoms with Gasteiger partial charge in [-0.3, -0.25) is 4.79 Å². The molecule has 1 N–H and O–H groups in total. The molecule has 1 fully saturated rings. The first-order valence-electron chi connectivity index (χ1n) is 9.50. The molecule has 0 aliphatic carbocycles. The normalized spacial score (nSPS) is 15.9. The van der Waals surface area contributed by atoms with Gasteiger partial charge in [-0.1, -0.05) is 48.0 Å². The number of para-hydroxylation sites is 1. The number of carbonyl (C=O) groups excluding carboxylic acids is 1. The van der Waals surface area contributed by atoms with E-state index in [0.717, 1.165) is 16.8 Å². The SMILES string of the molecule is COc1cc(C=C2SC(=Nc3ccccc3)NC2=O)ccc1OCc1ccc(Cl)cc1. The highest BCUT2D eigenvalue weighted by atomic mass is 35.5. The van der Waals surface area contributed by atoms with Crippen molar-refractivity contribution in [3.05, 3.63) is 93.9 Å². The summed E-state index contributed by atoms with van der Waals surface area (Å²) in [7, 11) is 1.59. The Morgan fingerprint density at radius 3 is 2.55 bits per heavy atom. The molecule has 0 spiro atoms. The lowest BCUT2D eigenvalue weighted by molar-refractivity contribution is -0.115. The number of amidine groups is 1. The van der Waals surface area contributed by atoms with Gasteiger partial charge in [0.1, 0.15) is 6.61 Å². The van der Waals surface area contributed by atoms with Crippen LogP contribution in [0.15, 0.2) is 82.7 Å². The number of halogens is 1. The summed E-state index contributed by atoms with van der Waals surface area (Å²) in [6.07, 6.45) is 1.80. The highest BCUT2D eigenvalue weighted by molar-refractivity contribution is 8.18. The number of amides is 1. The van der Waals surface area contributed by atoms with Crippen LogP contribution in [0.5, 0.6) is 11.5 Å². The van der Waals surface area contributed by atoms with Gasteiger partial charge >= 0.3 is 0 Å². The molecule has 0 aromatic heterocycles. The number of methoxy groups -OCH3 is 1. The van der Waals surface area contributed by atoms with Gasteiger partial charge in [0.15, 0.2) is 16.7 Å². The summed E-state index contributed by atoms with van der Waals surface area (Å²) in [4.78, 5) is 17.4. The monoisotopic (exact) mass is 450 g/mol. The number of hydrogen-bond acceptors (Lipinski definition) is 5. The van der Waals surface area contributed by atoms with Gasteiger partial charge in [-0.25, -0.2) is 4.99 Å². The lowest BCUT2D eigenvalue weighted by Gasteiger charge is -2.11. The maximum atomic E-state index is 12.3. The zero-order valence-electron chi connectivity index (χ0n) is 16.7. The summed E-state index contributed by atoms with van der Waals surface area (Å²) in [5.41, 5.74) is 2.62. The van der Waals surface area contributed by atoms with Gasteiger partial charge in [0, 0.05) is 5.02 Å². The average Bonchev–Trinajstić information content (AvgIpc) is 3.13. The topological polar surface area (TPSA) is 59.9 Å². The molecule has 31 heavy (non-hydrogen) atoms. The fraction of sp³-hybridized carbons (Fsp3) is 0.0833. The second-order valence-electron chi connectivity index (χ2n) is 6.64. The van der Waals surface area contributed by atoms with Gasteiger partial charge in [0.25, 0.3) is 5.91 Å². The molecule has 3 aromatic rings. The van der Waals surface area contributed by atoms with Gasteiger partial charge in [0.05, 0.1) is 17.7 Å². The van der Waals surface area contributed by atoms with Crippen molar-refractivity contribution in [2.45, 2.75) is 6.61 Å². The van der Waals surface area contributed by atoms with Crippen molar-refractivity contribution in [3.8, 4) is 11.5 Å². The maximum Gasteiger partial charge on any atom is 0.264 e. The molecule has 7 heteroatoms.